The molecular weight excluding hydrogens is 324 g/mol. The molecule has 2 heterocycles. The first-order chi connectivity index (χ1) is 10.1. The van der Waals surface area contributed by atoms with Gasteiger partial charge in [-0.05, 0) is 30.4 Å². The van der Waals surface area contributed by atoms with Crippen LogP contribution in [0, 0.1) is 5.41 Å². The summed E-state index contributed by atoms with van der Waals surface area (Å²) in [7, 11) is -3.79. The summed E-state index contributed by atoms with van der Waals surface area (Å²) in [5, 5.41) is 12.6. The maximum Gasteiger partial charge on any atom is 0.338 e. The molecule has 124 valence electrons. The maximum atomic E-state index is 12.5. The van der Waals surface area contributed by atoms with Gasteiger partial charge in [-0.15, -0.1) is 11.3 Å². The van der Waals surface area contributed by atoms with Gasteiger partial charge in [-0.3, -0.25) is 0 Å². The van der Waals surface area contributed by atoms with Crippen molar-refractivity contribution in [3.63, 3.8) is 0 Å². The van der Waals surface area contributed by atoms with E-state index >= 15 is 0 Å². The zero-order valence-electron chi connectivity index (χ0n) is 13.0. The molecule has 3 N–H and O–H groups in total. The predicted molar refractivity (Wildman–Crippen MR) is 85.9 cm³/mol. The number of sulfonamides is 1. The first-order valence-electron chi connectivity index (χ1n) is 7.20. The summed E-state index contributed by atoms with van der Waals surface area (Å²) in [6.07, 6.45) is 1.23. The lowest BCUT2D eigenvalue weighted by molar-refractivity contribution is 0.0692. The standard InChI is InChI=1S/C14H22N2O4S2/c1-14(2,3)5-7-16-22(19,20)13-11(12(17)18)9-4-6-15-8-10(9)21-13/h15-16H,4-8H2,1-3H3,(H,17,18). The van der Waals surface area contributed by atoms with Crippen molar-refractivity contribution in [3.05, 3.63) is 16.0 Å². The number of nitrogens with one attached hydrogen (secondary N) is 2. The number of aromatic carboxylic acids is 1. The van der Waals surface area contributed by atoms with Crippen LogP contribution >= 0.6 is 11.3 Å². The molecule has 1 aliphatic heterocycles. The van der Waals surface area contributed by atoms with E-state index in [0.29, 0.717) is 38.0 Å². The lowest BCUT2D eigenvalue weighted by Gasteiger charge is -2.18. The number of hydrogen-bond acceptors (Lipinski definition) is 5. The minimum atomic E-state index is -3.79. The molecule has 8 heteroatoms. The number of carboxylic acid groups (broad SMARTS) is 1. The van der Waals surface area contributed by atoms with E-state index in [1.165, 1.54) is 0 Å². The zero-order valence-corrected chi connectivity index (χ0v) is 14.7. The minimum Gasteiger partial charge on any atom is -0.478 e. The molecule has 1 aliphatic rings. The highest BCUT2D eigenvalue weighted by Gasteiger charge is 2.31. The van der Waals surface area contributed by atoms with Crippen LogP contribution < -0.4 is 10.0 Å². The predicted octanol–water partition coefficient (Wildman–Crippen LogP) is 1.81. The third kappa shape index (κ3) is 3.87. The lowest BCUT2D eigenvalue weighted by atomic mass is 9.93. The van der Waals surface area contributed by atoms with Crippen LogP contribution in [0.4, 0.5) is 0 Å². The largest absolute Gasteiger partial charge is 0.478 e. The molecule has 0 spiro atoms. The third-order valence-electron chi connectivity index (χ3n) is 3.52. The van der Waals surface area contributed by atoms with Gasteiger partial charge in [0.15, 0.2) is 0 Å². The molecule has 0 atom stereocenters. The number of fused-ring (bicyclic) bond motifs is 1. The zero-order chi connectivity index (χ0) is 16.5. The molecule has 0 unspecified atom stereocenters. The Morgan fingerprint density at radius 2 is 2.09 bits per heavy atom. The number of carboxylic acids is 1. The Kier molecular flexibility index (Phi) is 4.96. The maximum absolute atomic E-state index is 12.5. The molecule has 0 aliphatic carbocycles. The molecule has 0 saturated heterocycles. The number of carbonyl (C=O) groups is 1. The first-order valence-corrected chi connectivity index (χ1v) is 9.50. The van der Waals surface area contributed by atoms with Crippen LogP contribution in [0.2, 0.25) is 0 Å². The van der Waals surface area contributed by atoms with Gasteiger partial charge in [0, 0.05) is 18.0 Å². The SMILES string of the molecule is CC(C)(C)CCNS(=O)(=O)c1sc2c(c1C(=O)O)CCNC2. The van der Waals surface area contributed by atoms with E-state index in [9.17, 15) is 18.3 Å². The van der Waals surface area contributed by atoms with Gasteiger partial charge in [0.25, 0.3) is 10.0 Å². The van der Waals surface area contributed by atoms with Crippen LogP contribution in [0.1, 0.15) is 48.0 Å². The molecule has 0 fully saturated rings. The molecule has 2 rings (SSSR count). The van der Waals surface area contributed by atoms with Gasteiger partial charge in [-0.2, -0.15) is 0 Å². The summed E-state index contributed by atoms with van der Waals surface area (Å²) in [6.45, 7) is 7.57. The summed E-state index contributed by atoms with van der Waals surface area (Å²) >= 11 is 1.06. The van der Waals surface area contributed by atoms with Crippen LogP contribution in [-0.4, -0.2) is 32.6 Å². The Bertz CT molecular complexity index is 672. The van der Waals surface area contributed by atoms with E-state index in [0.717, 1.165) is 16.2 Å². The van der Waals surface area contributed by atoms with Crippen molar-refractivity contribution in [2.75, 3.05) is 13.1 Å². The molecular formula is C14H22N2O4S2. The van der Waals surface area contributed by atoms with E-state index in [2.05, 4.69) is 10.0 Å². The molecule has 0 saturated carbocycles. The van der Waals surface area contributed by atoms with Gasteiger partial charge in [0.05, 0.1) is 5.56 Å². The normalized spacial score (nSPS) is 15.6. The lowest BCUT2D eigenvalue weighted by Crippen LogP contribution is -2.28. The monoisotopic (exact) mass is 346 g/mol. The average molecular weight is 346 g/mol. The summed E-state index contributed by atoms with van der Waals surface area (Å²) in [4.78, 5) is 12.3. The Morgan fingerprint density at radius 3 is 2.68 bits per heavy atom. The van der Waals surface area contributed by atoms with Crippen molar-refractivity contribution in [1.82, 2.24) is 10.0 Å². The highest BCUT2D eigenvalue weighted by Crippen LogP contribution is 2.34. The van der Waals surface area contributed by atoms with Crippen LogP contribution in [0.3, 0.4) is 0 Å². The molecule has 0 radical (unpaired) electrons. The van der Waals surface area contributed by atoms with E-state index in [-0.39, 0.29) is 15.2 Å². The fraction of sp³-hybridized carbons (Fsp3) is 0.643. The number of hydrogen-bond donors (Lipinski definition) is 3. The van der Waals surface area contributed by atoms with Gasteiger partial charge in [-0.25, -0.2) is 17.9 Å². The molecule has 22 heavy (non-hydrogen) atoms. The Hall–Kier alpha value is -0.960. The minimum absolute atomic E-state index is 0.0107. The number of rotatable bonds is 5. The van der Waals surface area contributed by atoms with Crippen molar-refractivity contribution < 1.29 is 18.3 Å². The van der Waals surface area contributed by atoms with Gasteiger partial charge in [0.2, 0.25) is 0 Å². The fourth-order valence-corrected chi connectivity index (χ4v) is 5.28. The molecule has 0 aromatic carbocycles. The van der Waals surface area contributed by atoms with Crippen LogP contribution in [0.15, 0.2) is 4.21 Å². The first kappa shape index (κ1) is 17.4. The van der Waals surface area contributed by atoms with Crippen molar-refractivity contribution in [1.29, 1.82) is 0 Å². The van der Waals surface area contributed by atoms with E-state index < -0.39 is 16.0 Å². The second-order valence-electron chi connectivity index (χ2n) is 6.61. The smallest absolute Gasteiger partial charge is 0.338 e. The van der Waals surface area contributed by atoms with Crippen molar-refractivity contribution in [3.8, 4) is 0 Å². The van der Waals surface area contributed by atoms with Crippen LogP contribution in [0.25, 0.3) is 0 Å². The molecule has 0 bridgehead atoms. The molecule has 1 aromatic heterocycles. The summed E-state index contributed by atoms with van der Waals surface area (Å²) in [5.41, 5.74) is 0.619. The third-order valence-corrected chi connectivity index (χ3v) is 6.73. The average Bonchev–Trinajstić information content (AvgIpc) is 2.76. The summed E-state index contributed by atoms with van der Waals surface area (Å²) < 4.78 is 27.4. The van der Waals surface area contributed by atoms with E-state index in [4.69, 9.17) is 0 Å². The van der Waals surface area contributed by atoms with Crippen molar-refractivity contribution in [2.24, 2.45) is 5.41 Å². The van der Waals surface area contributed by atoms with Gasteiger partial charge >= 0.3 is 5.97 Å². The molecule has 0 amide bonds. The highest BCUT2D eigenvalue weighted by molar-refractivity contribution is 7.91. The second-order valence-corrected chi connectivity index (χ2v) is 9.67. The molecule has 6 nitrogen and oxygen atoms in total. The van der Waals surface area contributed by atoms with Gasteiger partial charge in [-0.1, -0.05) is 20.8 Å². The second kappa shape index (κ2) is 6.27. The highest BCUT2D eigenvalue weighted by atomic mass is 32.2. The Balaban J connectivity index is 2.31. The van der Waals surface area contributed by atoms with E-state index in [1.807, 2.05) is 20.8 Å². The topological polar surface area (TPSA) is 95.5 Å². The molecule has 1 aromatic rings. The van der Waals surface area contributed by atoms with Crippen LogP contribution in [0.5, 0.6) is 0 Å². The fourth-order valence-electron chi connectivity index (χ4n) is 2.34. The summed E-state index contributed by atoms with van der Waals surface area (Å²) in [5.74, 6) is -1.17. The van der Waals surface area contributed by atoms with Crippen molar-refractivity contribution in [2.45, 2.75) is 44.4 Å². The van der Waals surface area contributed by atoms with Crippen molar-refractivity contribution >= 4 is 27.3 Å². The van der Waals surface area contributed by atoms with E-state index in [1.54, 1.807) is 0 Å². The Labute approximate surface area is 135 Å². The van der Waals surface area contributed by atoms with Gasteiger partial charge in [0.1, 0.15) is 4.21 Å². The number of thiophene rings is 1. The van der Waals surface area contributed by atoms with Gasteiger partial charge < -0.3 is 10.4 Å². The Morgan fingerprint density at radius 1 is 1.41 bits per heavy atom. The summed E-state index contributed by atoms with van der Waals surface area (Å²) in [6, 6.07) is 0. The quantitative estimate of drug-likeness (QED) is 0.756. The van der Waals surface area contributed by atoms with Crippen LogP contribution in [-0.2, 0) is 23.0 Å².